The molecule has 0 aromatic carbocycles. The average molecular weight is 129 g/mol. The highest BCUT2D eigenvalue weighted by Crippen LogP contribution is 1.75. The topological polar surface area (TPSA) is 43.1 Å². The summed E-state index contributed by atoms with van der Waals surface area (Å²) >= 11 is 0. The minimum absolute atomic E-state index is 0.373. The van der Waals surface area contributed by atoms with Crippen molar-refractivity contribution in [1.29, 1.82) is 0 Å². The summed E-state index contributed by atoms with van der Waals surface area (Å²) in [6, 6.07) is 0. The molecule has 0 unspecified atom stereocenters. The zero-order chi connectivity index (χ0) is 7.70. The number of hydrogen-bond donors (Lipinski definition) is 1. The minimum Gasteiger partial charge on any atom is -0.366 e. The second-order valence-corrected chi connectivity index (χ2v) is 1.21. The van der Waals surface area contributed by atoms with E-state index in [-0.39, 0.29) is 5.91 Å². The zero-order valence-corrected chi connectivity index (χ0v) is 6.35. The van der Waals surface area contributed by atoms with Crippen molar-refractivity contribution in [2.75, 3.05) is 0 Å². The van der Waals surface area contributed by atoms with Crippen molar-refractivity contribution >= 4 is 5.91 Å². The summed E-state index contributed by atoms with van der Waals surface area (Å²) in [7, 11) is 0. The van der Waals surface area contributed by atoms with E-state index in [1.165, 1.54) is 6.08 Å². The maximum absolute atomic E-state index is 9.89. The van der Waals surface area contributed by atoms with Crippen molar-refractivity contribution in [3.63, 3.8) is 0 Å². The average Bonchev–Trinajstić information content (AvgIpc) is 1.88. The first-order chi connectivity index (χ1) is 4.27. The molecule has 0 aliphatic carbocycles. The summed E-state index contributed by atoms with van der Waals surface area (Å²) in [5.74, 6) is -0.373. The van der Waals surface area contributed by atoms with Crippen LogP contribution in [-0.4, -0.2) is 5.91 Å². The molecule has 1 amide bonds. The maximum atomic E-state index is 9.89. The second-order valence-electron chi connectivity index (χ2n) is 1.21. The van der Waals surface area contributed by atoms with Crippen LogP contribution in [0.15, 0.2) is 12.2 Å². The summed E-state index contributed by atoms with van der Waals surface area (Å²) in [6.07, 6.45) is 3.95. The molecular weight excluding hydrogens is 114 g/mol. The van der Waals surface area contributed by atoms with E-state index >= 15 is 0 Å². The fraction of sp³-hybridized carbons (Fsp3) is 0.571. The van der Waals surface area contributed by atoms with Crippen molar-refractivity contribution in [1.82, 2.24) is 0 Å². The lowest BCUT2D eigenvalue weighted by atomic mass is 10.4. The number of carbonyl (C=O) groups excluding carboxylic acids is 1. The SMILES string of the molecule is CC.CC/C=C\C(N)=O. The van der Waals surface area contributed by atoms with Gasteiger partial charge >= 0.3 is 0 Å². The van der Waals surface area contributed by atoms with Crippen molar-refractivity contribution in [3.8, 4) is 0 Å². The van der Waals surface area contributed by atoms with E-state index in [4.69, 9.17) is 5.73 Å². The van der Waals surface area contributed by atoms with Gasteiger partial charge in [-0.15, -0.1) is 0 Å². The van der Waals surface area contributed by atoms with Crippen molar-refractivity contribution in [3.05, 3.63) is 12.2 Å². The number of amides is 1. The highest BCUT2D eigenvalue weighted by molar-refractivity contribution is 5.85. The molecule has 0 saturated heterocycles. The van der Waals surface area contributed by atoms with Crippen LogP contribution in [0.2, 0.25) is 0 Å². The third kappa shape index (κ3) is 19.0. The Kier molecular flexibility index (Phi) is 12.6. The highest BCUT2D eigenvalue weighted by Gasteiger charge is 1.75. The molecule has 0 aliphatic rings. The van der Waals surface area contributed by atoms with Crippen molar-refractivity contribution in [2.24, 2.45) is 5.73 Å². The Bertz CT molecular complexity index is 86.9. The Labute approximate surface area is 56.7 Å². The molecule has 0 aromatic rings. The lowest BCUT2D eigenvalue weighted by Gasteiger charge is -1.74. The van der Waals surface area contributed by atoms with Crippen LogP contribution in [0.4, 0.5) is 0 Å². The first-order valence-electron chi connectivity index (χ1n) is 3.23. The van der Waals surface area contributed by atoms with Gasteiger partial charge in [-0.2, -0.15) is 0 Å². The standard InChI is InChI=1S/C5H9NO.C2H6/c1-2-3-4-5(6)7;1-2/h3-4H,2H2,1H3,(H2,6,7);1-2H3/b4-3-;. The van der Waals surface area contributed by atoms with Gasteiger partial charge in [-0.25, -0.2) is 0 Å². The number of rotatable bonds is 2. The molecule has 0 bridgehead atoms. The fourth-order valence-corrected chi connectivity index (χ4v) is 0.234. The van der Waals surface area contributed by atoms with Crippen LogP contribution in [0, 0.1) is 0 Å². The van der Waals surface area contributed by atoms with Gasteiger partial charge < -0.3 is 5.73 Å². The Morgan fingerprint density at radius 2 is 2.00 bits per heavy atom. The first kappa shape index (κ1) is 11.1. The van der Waals surface area contributed by atoms with Crippen LogP contribution < -0.4 is 5.73 Å². The lowest BCUT2D eigenvalue weighted by Crippen LogP contribution is -2.04. The van der Waals surface area contributed by atoms with Crippen molar-refractivity contribution < 1.29 is 4.79 Å². The first-order valence-corrected chi connectivity index (χ1v) is 3.23. The third-order valence-electron chi connectivity index (χ3n) is 0.518. The summed E-state index contributed by atoms with van der Waals surface area (Å²) in [6.45, 7) is 5.94. The summed E-state index contributed by atoms with van der Waals surface area (Å²) in [4.78, 5) is 9.89. The van der Waals surface area contributed by atoms with Gasteiger partial charge in [-0.1, -0.05) is 26.8 Å². The predicted octanol–water partition coefficient (Wildman–Crippen LogP) is 1.46. The van der Waals surface area contributed by atoms with E-state index in [2.05, 4.69) is 0 Å². The molecular formula is C7H15NO. The quantitative estimate of drug-likeness (QED) is 0.563. The van der Waals surface area contributed by atoms with Gasteiger partial charge in [0.05, 0.1) is 0 Å². The van der Waals surface area contributed by atoms with Crippen LogP contribution in [0.5, 0.6) is 0 Å². The molecule has 2 N–H and O–H groups in total. The van der Waals surface area contributed by atoms with E-state index in [0.717, 1.165) is 6.42 Å². The Balaban J connectivity index is 0. The number of allylic oxidation sites excluding steroid dienone is 1. The Morgan fingerprint density at radius 3 is 2.11 bits per heavy atom. The molecule has 2 heteroatoms. The van der Waals surface area contributed by atoms with E-state index in [1.807, 2.05) is 20.8 Å². The van der Waals surface area contributed by atoms with Crippen LogP contribution in [0.1, 0.15) is 27.2 Å². The number of nitrogens with two attached hydrogens (primary N) is 1. The molecule has 2 nitrogen and oxygen atoms in total. The highest BCUT2D eigenvalue weighted by atomic mass is 16.1. The van der Waals surface area contributed by atoms with Gasteiger partial charge in [0.15, 0.2) is 0 Å². The summed E-state index contributed by atoms with van der Waals surface area (Å²) in [5, 5.41) is 0. The van der Waals surface area contributed by atoms with Crippen LogP contribution in [0.3, 0.4) is 0 Å². The second kappa shape index (κ2) is 10.2. The van der Waals surface area contributed by atoms with Gasteiger partial charge in [0.2, 0.25) is 5.91 Å². The molecule has 0 aromatic heterocycles. The molecule has 0 fully saturated rings. The van der Waals surface area contributed by atoms with Crippen LogP contribution in [-0.2, 0) is 4.79 Å². The predicted molar refractivity (Wildman–Crippen MR) is 40.0 cm³/mol. The van der Waals surface area contributed by atoms with E-state index in [9.17, 15) is 4.79 Å². The molecule has 0 rings (SSSR count). The third-order valence-corrected chi connectivity index (χ3v) is 0.518. The van der Waals surface area contributed by atoms with Gasteiger partial charge in [0, 0.05) is 0 Å². The Hall–Kier alpha value is -0.790. The smallest absolute Gasteiger partial charge is 0.241 e. The van der Waals surface area contributed by atoms with Gasteiger partial charge in [-0.3, -0.25) is 4.79 Å². The van der Waals surface area contributed by atoms with Gasteiger partial charge in [-0.05, 0) is 12.5 Å². The van der Waals surface area contributed by atoms with Gasteiger partial charge in [0.1, 0.15) is 0 Å². The molecule has 9 heavy (non-hydrogen) atoms. The van der Waals surface area contributed by atoms with E-state index < -0.39 is 0 Å². The number of carbonyl (C=O) groups is 1. The largest absolute Gasteiger partial charge is 0.366 e. The van der Waals surface area contributed by atoms with Gasteiger partial charge in [0.25, 0.3) is 0 Å². The maximum Gasteiger partial charge on any atom is 0.241 e. The molecule has 0 saturated carbocycles. The van der Waals surface area contributed by atoms with E-state index in [1.54, 1.807) is 6.08 Å². The normalized spacial score (nSPS) is 8.33. The van der Waals surface area contributed by atoms with Crippen molar-refractivity contribution in [2.45, 2.75) is 27.2 Å². The fourth-order valence-electron chi connectivity index (χ4n) is 0.234. The molecule has 0 heterocycles. The minimum atomic E-state index is -0.373. The molecule has 0 spiro atoms. The molecule has 0 atom stereocenters. The molecule has 0 aliphatic heterocycles. The van der Waals surface area contributed by atoms with E-state index in [0.29, 0.717) is 0 Å². The monoisotopic (exact) mass is 129 g/mol. The lowest BCUT2D eigenvalue weighted by molar-refractivity contribution is -0.113. The molecule has 54 valence electrons. The number of primary amides is 1. The van der Waals surface area contributed by atoms with Crippen LogP contribution >= 0.6 is 0 Å². The zero-order valence-electron chi connectivity index (χ0n) is 6.35. The summed E-state index contributed by atoms with van der Waals surface area (Å²) in [5.41, 5.74) is 4.75. The Morgan fingerprint density at radius 1 is 1.56 bits per heavy atom. The van der Waals surface area contributed by atoms with Crippen LogP contribution in [0.25, 0.3) is 0 Å². The summed E-state index contributed by atoms with van der Waals surface area (Å²) < 4.78 is 0. The molecule has 0 radical (unpaired) electrons. The number of hydrogen-bond acceptors (Lipinski definition) is 1.